The van der Waals surface area contributed by atoms with E-state index in [-0.39, 0.29) is 11.9 Å². The van der Waals surface area contributed by atoms with E-state index in [1.54, 1.807) is 24.8 Å². The SMILES string of the molecule is CCC[NH+]1CCc2c(sc(NC(=O)c3cccc(SC)c3)c2C(=O)OCC)C1. The predicted octanol–water partition coefficient (Wildman–Crippen LogP) is 3.25. The Hall–Kier alpha value is -1.83. The van der Waals surface area contributed by atoms with E-state index in [0.29, 0.717) is 22.7 Å². The monoisotopic (exact) mass is 419 g/mol. The van der Waals surface area contributed by atoms with Crippen LogP contribution in [0.15, 0.2) is 29.2 Å². The Morgan fingerprint density at radius 3 is 2.86 bits per heavy atom. The molecule has 1 aromatic heterocycles. The minimum atomic E-state index is -0.341. The lowest BCUT2D eigenvalue weighted by Gasteiger charge is -2.23. The lowest BCUT2D eigenvalue weighted by molar-refractivity contribution is -0.915. The molecule has 3 rings (SSSR count). The summed E-state index contributed by atoms with van der Waals surface area (Å²) in [6.45, 7) is 7.34. The van der Waals surface area contributed by atoms with Crippen molar-refractivity contribution in [3.05, 3.63) is 45.8 Å². The predicted molar refractivity (Wildman–Crippen MR) is 115 cm³/mol. The number of anilines is 1. The van der Waals surface area contributed by atoms with E-state index in [1.807, 2.05) is 24.5 Å². The second-order valence-corrected chi connectivity index (χ2v) is 8.78. The van der Waals surface area contributed by atoms with Gasteiger partial charge in [0.15, 0.2) is 0 Å². The number of nitrogens with one attached hydrogen (secondary N) is 2. The summed E-state index contributed by atoms with van der Waals surface area (Å²) < 4.78 is 5.30. The van der Waals surface area contributed by atoms with Gasteiger partial charge in [0.1, 0.15) is 11.5 Å². The first-order valence-corrected chi connectivity index (χ1v) is 11.7. The number of esters is 1. The number of carbonyl (C=O) groups is 2. The Morgan fingerprint density at radius 1 is 1.32 bits per heavy atom. The van der Waals surface area contributed by atoms with Gasteiger partial charge < -0.3 is 15.0 Å². The molecule has 1 aromatic carbocycles. The Labute approximate surface area is 174 Å². The number of benzene rings is 1. The molecule has 1 atom stereocenters. The third-order valence-electron chi connectivity index (χ3n) is 4.87. The highest BCUT2D eigenvalue weighted by Crippen LogP contribution is 2.35. The average Bonchev–Trinajstić information content (AvgIpc) is 3.05. The van der Waals surface area contributed by atoms with Crippen LogP contribution in [0.5, 0.6) is 0 Å². The van der Waals surface area contributed by atoms with Crippen molar-refractivity contribution in [2.24, 2.45) is 0 Å². The van der Waals surface area contributed by atoms with Crippen LogP contribution >= 0.6 is 23.1 Å². The van der Waals surface area contributed by atoms with Crippen molar-refractivity contribution in [1.82, 2.24) is 0 Å². The number of hydrogen-bond acceptors (Lipinski definition) is 5. The van der Waals surface area contributed by atoms with E-state index < -0.39 is 0 Å². The highest BCUT2D eigenvalue weighted by Gasteiger charge is 2.31. The fourth-order valence-electron chi connectivity index (χ4n) is 3.55. The summed E-state index contributed by atoms with van der Waals surface area (Å²) in [5, 5.41) is 3.59. The Balaban J connectivity index is 1.91. The number of amides is 1. The zero-order chi connectivity index (χ0) is 20.1. The zero-order valence-electron chi connectivity index (χ0n) is 16.6. The van der Waals surface area contributed by atoms with E-state index in [4.69, 9.17) is 4.74 Å². The number of hydrogen-bond donors (Lipinski definition) is 2. The van der Waals surface area contributed by atoms with Crippen molar-refractivity contribution >= 4 is 40.0 Å². The fraction of sp³-hybridized carbons (Fsp3) is 0.429. The zero-order valence-corrected chi connectivity index (χ0v) is 18.2. The lowest BCUT2D eigenvalue weighted by Crippen LogP contribution is -3.11. The van der Waals surface area contributed by atoms with Gasteiger partial charge in [0, 0.05) is 16.9 Å². The molecule has 2 N–H and O–H groups in total. The number of thioether (sulfide) groups is 1. The van der Waals surface area contributed by atoms with Crippen LogP contribution < -0.4 is 10.2 Å². The normalized spacial score (nSPS) is 15.8. The van der Waals surface area contributed by atoms with Crippen molar-refractivity contribution in [3.8, 4) is 0 Å². The van der Waals surface area contributed by atoms with E-state index in [2.05, 4.69) is 12.2 Å². The second-order valence-electron chi connectivity index (χ2n) is 6.79. The second kappa shape index (κ2) is 9.58. The molecule has 0 radical (unpaired) electrons. The topological polar surface area (TPSA) is 59.8 Å². The minimum absolute atomic E-state index is 0.196. The van der Waals surface area contributed by atoms with Gasteiger partial charge in [0.05, 0.1) is 30.1 Å². The van der Waals surface area contributed by atoms with Gasteiger partial charge in [-0.25, -0.2) is 4.79 Å². The fourth-order valence-corrected chi connectivity index (χ4v) is 5.31. The van der Waals surface area contributed by atoms with Crippen molar-refractivity contribution in [2.45, 2.75) is 38.1 Å². The molecule has 5 nitrogen and oxygen atoms in total. The van der Waals surface area contributed by atoms with Gasteiger partial charge in [-0.15, -0.1) is 23.1 Å². The maximum Gasteiger partial charge on any atom is 0.341 e. The van der Waals surface area contributed by atoms with Crippen LogP contribution in [0.3, 0.4) is 0 Å². The van der Waals surface area contributed by atoms with Gasteiger partial charge in [-0.3, -0.25) is 4.79 Å². The molecule has 2 aromatic rings. The van der Waals surface area contributed by atoms with E-state index in [0.717, 1.165) is 42.9 Å². The first kappa shape index (κ1) is 20.9. The van der Waals surface area contributed by atoms with Crippen molar-refractivity contribution in [1.29, 1.82) is 0 Å². The molecule has 7 heteroatoms. The summed E-state index contributed by atoms with van der Waals surface area (Å²) in [4.78, 5) is 29.2. The number of quaternary nitrogens is 1. The Kier molecular flexibility index (Phi) is 7.15. The van der Waals surface area contributed by atoms with Gasteiger partial charge in [-0.05, 0) is 43.4 Å². The maximum atomic E-state index is 12.8. The highest BCUT2D eigenvalue weighted by atomic mass is 32.2. The first-order chi connectivity index (χ1) is 13.6. The molecule has 0 fully saturated rings. The third kappa shape index (κ3) is 4.59. The van der Waals surface area contributed by atoms with Gasteiger partial charge in [0.25, 0.3) is 5.91 Å². The number of thiophene rings is 1. The molecule has 0 aliphatic carbocycles. The number of ether oxygens (including phenoxy) is 1. The summed E-state index contributed by atoms with van der Waals surface area (Å²) >= 11 is 3.11. The van der Waals surface area contributed by atoms with E-state index in [1.165, 1.54) is 21.1 Å². The molecule has 1 aliphatic rings. The van der Waals surface area contributed by atoms with Gasteiger partial charge in [-0.2, -0.15) is 0 Å². The maximum absolute atomic E-state index is 12.8. The number of rotatable bonds is 7. The number of carbonyl (C=O) groups excluding carboxylic acids is 2. The average molecular weight is 420 g/mol. The molecule has 1 amide bonds. The van der Waals surface area contributed by atoms with Crippen LogP contribution in [-0.4, -0.2) is 37.8 Å². The largest absolute Gasteiger partial charge is 0.462 e. The van der Waals surface area contributed by atoms with Crippen LogP contribution in [0.2, 0.25) is 0 Å². The van der Waals surface area contributed by atoms with Gasteiger partial charge in [-0.1, -0.05) is 13.0 Å². The van der Waals surface area contributed by atoms with Gasteiger partial charge in [0.2, 0.25) is 0 Å². The van der Waals surface area contributed by atoms with Crippen LogP contribution in [0.1, 0.15) is 51.4 Å². The first-order valence-electron chi connectivity index (χ1n) is 9.68. The third-order valence-corrected chi connectivity index (χ3v) is 6.74. The quantitative estimate of drug-likeness (QED) is 0.534. The smallest absolute Gasteiger partial charge is 0.341 e. The van der Waals surface area contributed by atoms with Crippen molar-refractivity contribution in [2.75, 3.05) is 31.3 Å². The summed E-state index contributed by atoms with van der Waals surface area (Å²) in [5.74, 6) is -0.537. The Morgan fingerprint density at radius 2 is 2.14 bits per heavy atom. The molecule has 0 saturated heterocycles. The van der Waals surface area contributed by atoms with Crippen LogP contribution in [-0.2, 0) is 17.7 Å². The molecule has 0 bridgehead atoms. The molecule has 0 spiro atoms. The van der Waals surface area contributed by atoms with Crippen molar-refractivity contribution < 1.29 is 19.2 Å². The summed E-state index contributed by atoms with van der Waals surface area (Å²) in [6, 6.07) is 7.50. The molecule has 28 heavy (non-hydrogen) atoms. The van der Waals surface area contributed by atoms with Crippen LogP contribution in [0.25, 0.3) is 0 Å². The van der Waals surface area contributed by atoms with Crippen molar-refractivity contribution in [3.63, 3.8) is 0 Å². The molecular weight excluding hydrogens is 392 g/mol. The van der Waals surface area contributed by atoms with Crippen LogP contribution in [0, 0.1) is 0 Å². The minimum Gasteiger partial charge on any atom is -0.462 e. The van der Waals surface area contributed by atoms with E-state index >= 15 is 0 Å². The molecule has 150 valence electrons. The Bertz CT molecular complexity index is 863. The van der Waals surface area contributed by atoms with Crippen LogP contribution in [0.4, 0.5) is 5.00 Å². The summed E-state index contributed by atoms with van der Waals surface area (Å²) in [5.41, 5.74) is 2.19. The molecular formula is C21H27N2O3S2+. The standard InChI is InChI=1S/C21H26N2O3S2/c1-4-10-23-11-9-16-17(13-23)28-20(18(16)21(25)26-5-2)22-19(24)14-7-6-8-15(12-14)27-3/h6-8,12H,4-5,9-11,13H2,1-3H3,(H,22,24)/p+1. The molecule has 2 heterocycles. The highest BCUT2D eigenvalue weighted by molar-refractivity contribution is 7.98. The van der Waals surface area contributed by atoms with Gasteiger partial charge >= 0.3 is 5.97 Å². The number of fused-ring (bicyclic) bond motifs is 1. The summed E-state index contributed by atoms with van der Waals surface area (Å²) in [7, 11) is 0. The summed E-state index contributed by atoms with van der Waals surface area (Å²) in [6.07, 6.45) is 3.96. The molecule has 1 aliphatic heterocycles. The molecule has 0 saturated carbocycles. The van der Waals surface area contributed by atoms with E-state index in [9.17, 15) is 9.59 Å². The lowest BCUT2D eigenvalue weighted by atomic mass is 10.0. The molecule has 1 unspecified atom stereocenters.